The second-order valence-corrected chi connectivity index (χ2v) is 7.60. The maximum absolute atomic E-state index is 12.7. The fourth-order valence-electron chi connectivity index (χ4n) is 2.75. The van der Waals surface area contributed by atoms with Crippen LogP contribution < -0.4 is 9.84 Å². The Kier molecular flexibility index (Phi) is 11.0. The highest BCUT2D eigenvalue weighted by atomic mass is 16.6. The lowest BCUT2D eigenvalue weighted by Crippen LogP contribution is -2.48. The van der Waals surface area contributed by atoms with Gasteiger partial charge in [0.05, 0.1) is 6.42 Å². The smallest absolute Gasteiger partial charge is 0.345 e. The van der Waals surface area contributed by atoms with Crippen molar-refractivity contribution < 1.29 is 38.9 Å². The molecule has 0 saturated heterocycles. The third-order valence-corrected chi connectivity index (χ3v) is 4.82. The molecule has 180 valence electrons. The van der Waals surface area contributed by atoms with Gasteiger partial charge in [0.15, 0.2) is 5.60 Å². The van der Waals surface area contributed by atoms with Gasteiger partial charge < -0.3 is 38.7 Å². The van der Waals surface area contributed by atoms with Crippen LogP contribution in [0.25, 0.3) is 0 Å². The number of carbonyl (C=O) groups excluding carboxylic acids is 4. The van der Waals surface area contributed by atoms with Gasteiger partial charge in [-0.15, -0.1) is 0 Å². The predicted octanol–water partition coefficient (Wildman–Crippen LogP) is 0.163. The summed E-state index contributed by atoms with van der Waals surface area (Å²) in [4.78, 5) is 45.9. The molecule has 2 atom stereocenters. The highest BCUT2D eigenvalue weighted by molar-refractivity contribution is 5.90. The molecule has 1 aromatic carbocycles. The minimum atomic E-state index is -2.63. The van der Waals surface area contributed by atoms with Crippen molar-refractivity contribution in [1.82, 2.24) is 9.47 Å². The van der Waals surface area contributed by atoms with Crippen LogP contribution in [-0.4, -0.2) is 65.0 Å². The molecular formula is C23H29N2O8-. The van der Waals surface area contributed by atoms with Crippen LogP contribution in [-0.2, 0) is 37.1 Å². The fraction of sp³-hybridized carbons (Fsp3) is 0.391. The van der Waals surface area contributed by atoms with Gasteiger partial charge >= 0.3 is 11.9 Å². The van der Waals surface area contributed by atoms with E-state index in [4.69, 9.17) is 14.3 Å². The summed E-state index contributed by atoms with van der Waals surface area (Å²) in [5.41, 5.74) is -1.93. The minimum Gasteiger partial charge on any atom is -0.550 e. The average molecular weight is 461 g/mol. The van der Waals surface area contributed by atoms with Gasteiger partial charge in [-0.2, -0.15) is 0 Å². The molecule has 33 heavy (non-hydrogen) atoms. The Labute approximate surface area is 192 Å². The van der Waals surface area contributed by atoms with Crippen molar-refractivity contribution in [3.8, 4) is 5.88 Å². The van der Waals surface area contributed by atoms with Gasteiger partial charge in [0.25, 0.3) is 0 Å². The standard InChI is InChI=1S/C22H28N2O7.CH2O/c1-16(23(2)3)14-24-11-7-10-18(24)31-21(28)22(29,12-19(25)26)13-20(27)30-15-17-8-5-4-6-9-17;1-2/h4-11,16,29H,12-15H2,1-3H3,(H,25,26);1H2/p-1. The van der Waals surface area contributed by atoms with Crippen molar-refractivity contribution >= 4 is 24.7 Å². The molecule has 0 radical (unpaired) electrons. The van der Waals surface area contributed by atoms with Crippen LogP contribution in [0.15, 0.2) is 48.7 Å². The van der Waals surface area contributed by atoms with Crippen LogP contribution in [0.2, 0.25) is 0 Å². The molecule has 0 saturated carbocycles. The third-order valence-electron chi connectivity index (χ3n) is 4.82. The molecule has 0 fully saturated rings. The first-order chi connectivity index (χ1) is 15.6. The SMILES string of the molecule is C=O.CC(Cn1cccc1OC(=O)C(O)(CC(=O)[O-])CC(=O)OCc1ccccc1)N(C)C. The first kappa shape index (κ1) is 27.5. The second kappa shape index (κ2) is 13.1. The summed E-state index contributed by atoms with van der Waals surface area (Å²) in [6, 6.07) is 12.1. The van der Waals surface area contributed by atoms with E-state index in [1.165, 1.54) is 6.07 Å². The van der Waals surface area contributed by atoms with E-state index in [1.807, 2.05) is 32.7 Å². The van der Waals surface area contributed by atoms with Gasteiger partial charge in [0.1, 0.15) is 13.4 Å². The average Bonchev–Trinajstić information content (AvgIpc) is 3.20. The Morgan fingerprint density at radius 1 is 1.12 bits per heavy atom. The van der Waals surface area contributed by atoms with E-state index in [0.29, 0.717) is 12.1 Å². The summed E-state index contributed by atoms with van der Waals surface area (Å²) < 4.78 is 12.0. The maximum atomic E-state index is 12.7. The van der Waals surface area contributed by atoms with E-state index in [0.717, 1.165) is 0 Å². The first-order valence-corrected chi connectivity index (χ1v) is 10.0. The molecule has 1 aromatic heterocycles. The predicted molar refractivity (Wildman–Crippen MR) is 116 cm³/mol. The zero-order valence-corrected chi connectivity index (χ0v) is 18.9. The van der Waals surface area contributed by atoms with Crippen LogP contribution >= 0.6 is 0 Å². The van der Waals surface area contributed by atoms with Gasteiger partial charge in [-0.05, 0) is 32.6 Å². The molecule has 0 amide bonds. The lowest BCUT2D eigenvalue weighted by atomic mass is 9.95. The van der Waals surface area contributed by atoms with E-state index in [9.17, 15) is 24.6 Å². The minimum absolute atomic E-state index is 0.0819. The zero-order valence-electron chi connectivity index (χ0n) is 18.9. The lowest BCUT2D eigenvalue weighted by molar-refractivity contribution is -0.309. The van der Waals surface area contributed by atoms with Gasteiger partial charge in [-0.25, -0.2) is 4.79 Å². The number of aliphatic hydroxyl groups is 1. The number of carboxylic acids is 1. The number of aliphatic carboxylic acids is 1. The molecule has 0 aliphatic rings. The quantitative estimate of drug-likeness (QED) is 0.464. The Bertz CT molecular complexity index is 912. The highest BCUT2D eigenvalue weighted by Gasteiger charge is 2.41. The largest absolute Gasteiger partial charge is 0.550 e. The molecule has 0 aliphatic carbocycles. The van der Waals surface area contributed by atoms with E-state index in [2.05, 4.69) is 0 Å². The van der Waals surface area contributed by atoms with Gasteiger partial charge in [-0.1, -0.05) is 30.3 Å². The summed E-state index contributed by atoms with van der Waals surface area (Å²) >= 11 is 0. The Balaban J connectivity index is 0.00000265. The summed E-state index contributed by atoms with van der Waals surface area (Å²) in [5, 5.41) is 21.8. The molecule has 10 nitrogen and oxygen atoms in total. The van der Waals surface area contributed by atoms with Gasteiger partial charge in [0.2, 0.25) is 5.88 Å². The third kappa shape index (κ3) is 8.87. The summed E-state index contributed by atoms with van der Waals surface area (Å²) in [7, 11) is 3.80. The molecular weight excluding hydrogens is 432 g/mol. The normalized spacial score (nSPS) is 13.2. The Morgan fingerprint density at radius 3 is 2.33 bits per heavy atom. The zero-order chi connectivity index (χ0) is 25.0. The highest BCUT2D eigenvalue weighted by Crippen LogP contribution is 2.22. The van der Waals surface area contributed by atoms with Crippen LogP contribution in [0.1, 0.15) is 25.3 Å². The number of hydrogen-bond donors (Lipinski definition) is 1. The molecule has 0 bridgehead atoms. The molecule has 0 spiro atoms. The van der Waals surface area contributed by atoms with Crippen LogP contribution in [0.5, 0.6) is 5.88 Å². The molecule has 2 rings (SSSR count). The molecule has 2 unspecified atom stereocenters. The number of aromatic nitrogens is 1. The van der Waals surface area contributed by atoms with E-state index in [1.54, 1.807) is 47.2 Å². The number of carboxylic acid groups (broad SMARTS) is 1. The number of hydrogen-bond acceptors (Lipinski definition) is 9. The van der Waals surface area contributed by atoms with Crippen molar-refractivity contribution in [1.29, 1.82) is 0 Å². The monoisotopic (exact) mass is 461 g/mol. The van der Waals surface area contributed by atoms with Crippen LogP contribution in [0, 0.1) is 0 Å². The second-order valence-electron chi connectivity index (χ2n) is 7.60. The number of nitrogens with zero attached hydrogens (tertiary/aromatic N) is 2. The molecule has 10 heteroatoms. The lowest BCUT2D eigenvalue weighted by Gasteiger charge is -2.26. The summed E-state index contributed by atoms with van der Waals surface area (Å²) in [5.74, 6) is -3.80. The van der Waals surface area contributed by atoms with E-state index < -0.39 is 36.4 Å². The van der Waals surface area contributed by atoms with E-state index >= 15 is 0 Å². The van der Waals surface area contributed by atoms with Crippen molar-refractivity contribution in [2.45, 2.75) is 44.6 Å². The van der Waals surface area contributed by atoms with Crippen LogP contribution in [0.3, 0.4) is 0 Å². The first-order valence-electron chi connectivity index (χ1n) is 10.0. The van der Waals surface area contributed by atoms with Crippen LogP contribution in [0.4, 0.5) is 0 Å². The van der Waals surface area contributed by atoms with E-state index in [-0.39, 0.29) is 18.5 Å². The molecule has 1 N–H and O–H groups in total. The number of ether oxygens (including phenoxy) is 2. The maximum Gasteiger partial charge on any atom is 0.345 e. The van der Waals surface area contributed by atoms with Gasteiger partial charge in [0, 0.05) is 37.2 Å². The topological polar surface area (TPSA) is 138 Å². The summed E-state index contributed by atoms with van der Waals surface area (Å²) in [6.45, 7) is 4.38. The van der Waals surface area contributed by atoms with Crippen molar-refractivity contribution in [2.24, 2.45) is 0 Å². The number of benzene rings is 1. The number of carbonyl (C=O) groups is 4. The van der Waals surface area contributed by atoms with Crippen molar-refractivity contribution in [3.05, 3.63) is 54.2 Å². The van der Waals surface area contributed by atoms with Crippen molar-refractivity contribution in [3.63, 3.8) is 0 Å². The molecule has 0 aliphatic heterocycles. The van der Waals surface area contributed by atoms with Crippen molar-refractivity contribution in [2.75, 3.05) is 14.1 Å². The Morgan fingerprint density at radius 2 is 1.76 bits per heavy atom. The fourth-order valence-corrected chi connectivity index (χ4v) is 2.75. The number of esters is 2. The number of likely N-dealkylation sites (N-methyl/N-ethyl adjacent to an activating group) is 1. The van der Waals surface area contributed by atoms with Gasteiger partial charge in [-0.3, -0.25) is 4.79 Å². The molecule has 1 heterocycles. The summed E-state index contributed by atoms with van der Waals surface area (Å²) in [6.07, 6.45) is -0.308. The molecule has 2 aromatic rings. The Hall–Kier alpha value is -3.50. The number of rotatable bonds is 11.